The van der Waals surface area contributed by atoms with Crippen molar-refractivity contribution in [2.45, 2.75) is 32.2 Å². The van der Waals surface area contributed by atoms with Crippen molar-refractivity contribution in [3.63, 3.8) is 0 Å². The normalized spacial score (nSPS) is 28.3. The van der Waals surface area contributed by atoms with Crippen molar-refractivity contribution in [2.24, 2.45) is 11.3 Å². The number of carbonyl (C=O) groups is 1. The molecule has 1 aromatic carbocycles. The standard InChI is InChI=1S/C17H21NO2S/c1-20-15(19)14-7-8-17(11-14)9-10-18(16(17)21)12-13-5-3-2-4-6-13/h2-6,14H,7-12H2,1H3. The fraction of sp³-hybridized carbons (Fsp3) is 0.529. The first-order valence-corrected chi connectivity index (χ1v) is 7.97. The van der Waals surface area contributed by atoms with Gasteiger partial charge in [0, 0.05) is 18.5 Å². The van der Waals surface area contributed by atoms with Crippen LogP contribution in [0.2, 0.25) is 0 Å². The van der Waals surface area contributed by atoms with Crippen molar-refractivity contribution in [2.75, 3.05) is 13.7 Å². The van der Waals surface area contributed by atoms with E-state index >= 15 is 0 Å². The van der Waals surface area contributed by atoms with Crippen LogP contribution < -0.4 is 0 Å². The Morgan fingerprint density at radius 1 is 1.38 bits per heavy atom. The van der Waals surface area contributed by atoms with Crippen LogP contribution in [0.4, 0.5) is 0 Å². The zero-order valence-corrected chi connectivity index (χ0v) is 13.2. The Kier molecular flexibility index (Phi) is 3.98. The summed E-state index contributed by atoms with van der Waals surface area (Å²) in [4.78, 5) is 15.1. The summed E-state index contributed by atoms with van der Waals surface area (Å²) in [5.74, 6) is -0.0409. The van der Waals surface area contributed by atoms with Crippen LogP contribution in [-0.2, 0) is 16.1 Å². The molecule has 1 heterocycles. The average molecular weight is 303 g/mol. The molecule has 3 rings (SSSR count). The van der Waals surface area contributed by atoms with Crippen LogP contribution >= 0.6 is 12.2 Å². The Morgan fingerprint density at radius 2 is 2.14 bits per heavy atom. The number of likely N-dealkylation sites (tertiary alicyclic amines) is 1. The molecule has 0 N–H and O–H groups in total. The van der Waals surface area contributed by atoms with E-state index in [-0.39, 0.29) is 17.3 Å². The van der Waals surface area contributed by atoms with Gasteiger partial charge in [0.2, 0.25) is 0 Å². The van der Waals surface area contributed by atoms with Gasteiger partial charge in [0.15, 0.2) is 0 Å². The SMILES string of the molecule is COC(=O)C1CCC2(CCN(Cc3ccccc3)C2=S)C1. The minimum absolute atomic E-state index is 0.0321. The first kappa shape index (κ1) is 14.5. The second-order valence-corrected chi connectivity index (χ2v) is 6.59. The van der Waals surface area contributed by atoms with Crippen molar-refractivity contribution in [3.8, 4) is 0 Å². The van der Waals surface area contributed by atoms with E-state index in [0.29, 0.717) is 0 Å². The van der Waals surface area contributed by atoms with E-state index in [9.17, 15) is 4.79 Å². The number of hydrogen-bond donors (Lipinski definition) is 0. The van der Waals surface area contributed by atoms with Gasteiger partial charge in [0.1, 0.15) is 0 Å². The molecule has 2 fully saturated rings. The largest absolute Gasteiger partial charge is 0.469 e. The third-order valence-electron chi connectivity index (χ3n) is 4.96. The van der Waals surface area contributed by atoms with Gasteiger partial charge in [0.25, 0.3) is 0 Å². The highest BCUT2D eigenvalue weighted by Gasteiger charge is 2.49. The average Bonchev–Trinajstić information content (AvgIpc) is 3.08. The first-order chi connectivity index (χ1) is 10.1. The number of rotatable bonds is 3. The van der Waals surface area contributed by atoms with E-state index < -0.39 is 0 Å². The quantitative estimate of drug-likeness (QED) is 0.633. The third-order valence-corrected chi connectivity index (χ3v) is 5.65. The van der Waals surface area contributed by atoms with Crippen molar-refractivity contribution < 1.29 is 9.53 Å². The number of methoxy groups -OCH3 is 1. The van der Waals surface area contributed by atoms with Crippen LogP contribution in [0.3, 0.4) is 0 Å². The van der Waals surface area contributed by atoms with Crippen molar-refractivity contribution >= 4 is 23.2 Å². The van der Waals surface area contributed by atoms with Gasteiger partial charge in [-0.05, 0) is 31.2 Å². The molecule has 1 aliphatic heterocycles. The number of benzene rings is 1. The molecule has 0 radical (unpaired) electrons. The summed E-state index contributed by atoms with van der Waals surface area (Å²) in [5, 5.41) is 0. The molecule has 21 heavy (non-hydrogen) atoms. The van der Waals surface area contributed by atoms with Crippen LogP contribution in [0.25, 0.3) is 0 Å². The van der Waals surface area contributed by atoms with Gasteiger partial charge in [-0.15, -0.1) is 0 Å². The molecular weight excluding hydrogens is 282 g/mol. The molecule has 1 aromatic rings. The highest BCUT2D eigenvalue weighted by Crippen LogP contribution is 2.50. The van der Waals surface area contributed by atoms with E-state index in [2.05, 4.69) is 29.2 Å². The van der Waals surface area contributed by atoms with E-state index in [1.54, 1.807) is 0 Å². The fourth-order valence-corrected chi connectivity index (χ4v) is 4.21. The summed E-state index contributed by atoms with van der Waals surface area (Å²) in [6.07, 6.45) is 3.87. The maximum absolute atomic E-state index is 11.8. The van der Waals surface area contributed by atoms with Crippen LogP contribution in [0.15, 0.2) is 30.3 Å². The lowest BCUT2D eigenvalue weighted by Crippen LogP contribution is -2.31. The number of esters is 1. The molecule has 1 saturated carbocycles. The summed E-state index contributed by atoms with van der Waals surface area (Å²) >= 11 is 5.76. The summed E-state index contributed by atoms with van der Waals surface area (Å²) in [7, 11) is 1.47. The lowest BCUT2D eigenvalue weighted by molar-refractivity contribution is -0.145. The molecule has 1 saturated heterocycles. The molecule has 2 aliphatic rings. The predicted octanol–water partition coefficient (Wildman–Crippen LogP) is 3.18. The molecule has 3 nitrogen and oxygen atoms in total. The monoisotopic (exact) mass is 303 g/mol. The van der Waals surface area contributed by atoms with Crippen LogP contribution in [0.1, 0.15) is 31.2 Å². The topological polar surface area (TPSA) is 29.5 Å². The molecule has 0 aromatic heterocycles. The molecule has 0 amide bonds. The Morgan fingerprint density at radius 3 is 2.86 bits per heavy atom. The molecule has 2 atom stereocenters. The Bertz CT molecular complexity index is 545. The van der Waals surface area contributed by atoms with Crippen LogP contribution in [0, 0.1) is 11.3 Å². The second kappa shape index (κ2) is 5.76. The maximum Gasteiger partial charge on any atom is 0.308 e. The molecule has 1 aliphatic carbocycles. The van der Waals surface area contributed by atoms with Gasteiger partial charge in [-0.1, -0.05) is 42.5 Å². The van der Waals surface area contributed by atoms with Gasteiger partial charge in [-0.2, -0.15) is 0 Å². The summed E-state index contributed by atoms with van der Waals surface area (Å²) in [5.41, 5.74) is 1.35. The van der Waals surface area contributed by atoms with E-state index in [1.807, 2.05) is 6.07 Å². The van der Waals surface area contributed by atoms with Crippen molar-refractivity contribution in [3.05, 3.63) is 35.9 Å². The van der Waals surface area contributed by atoms with Gasteiger partial charge in [-0.25, -0.2) is 0 Å². The second-order valence-electron chi connectivity index (χ2n) is 6.21. The number of ether oxygens (including phenoxy) is 1. The Balaban J connectivity index is 1.68. The van der Waals surface area contributed by atoms with Crippen LogP contribution in [-0.4, -0.2) is 29.5 Å². The number of hydrogen-bond acceptors (Lipinski definition) is 3. The Hall–Kier alpha value is -1.42. The van der Waals surface area contributed by atoms with Gasteiger partial charge < -0.3 is 9.64 Å². The number of carbonyl (C=O) groups excluding carboxylic acids is 1. The summed E-state index contributed by atoms with van der Waals surface area (Å²) in [6, 6.07) is 10.4. The zero-order chi connectivity index (χ0) is 14.9. The molecule has 4 heteroatoms. The molecule has 112 valence electrons. The van der Waals surface area contributed by atoms with Gasteiger partial charge in [0.05, 0.1) is 18.0 Å². The minimum Gasteiger partial charge on any atom is -0.469 e. The fourth-order valence-electron chi connectivity index (χ4n) is 3.76. The van der Waals surface area contributed by atoms with Crippen molar-refractivity contribution in [1.82, 2.24) is 4.90 Å². The summed E-state index contributed by atoms with van der Waals surface area (Å²) in [6.45, 7) is 1.88. The van der Waals surface area contributed by atoms with E-state index in [4.69, 9.17) is 17.0 Å². The molecular formula is C17H21NO2S. The van der Waals surface area contributed by atoms with Gasteiger partial charge >= 0.3 is 5.97 Å². The zero-order valence-electron chi connectivity index (χ0n) is 12.4. The van der Waals surface area contributed by atoms with Crippen LogP contribution in [0.5, 0.6) is 0 Å². The predicted molar refractivity (Wildman–Crippen MR) is 85.9 cm³/mol. The number of nitrogens with zero attached hydrogens (tertiary/aromatic N) is 1. The minimum atomic E-state index is -0.0730. The lowest BCUT2D eigenvalue weighted by Gasteiger charge is -2.26. The third kappa shape index (κ3) is 2.69. The highest BCUT2D eigenvalue weighted by molar-refractivity contribution is 7.80. The Labute approximate surface area is 131 Å². The molecule has 0 bridgehead atoms. The van der Waals surface area contributed by atoms with E-state index in [0.717, 1.165) is 43.8 Å². The smallest absolute Gasteiger partial charge is 0.308 e. The lowest BCUT2D eigenvalue weighted by atomic mass is 9.84. The van der Waals surface area contributed by atoms with E-state index in [1.165, 1.54) is 12.7 Å². The summed E-state index contributed by atoms with van der Waals surface area (Å²) < 4.78 is 4.90. The van der Waals surface area contributed by atoms with Gasteiger partial charge in [-0.3, -0.25) is 4.79 Å². The van der Waals surface area contributed by atoms with Crippen molar-refractivity contribution in [1.29, 1.82) is 0 Å². The number of thiocarbonyl (C=S) groups is 1. The molecule has 1 spiro atoms. The molecule has 2 unspecified atom stereocenters. The maximum atomic E-state index is 11.8. The first-order valence-electron chi connectivity index (χ1n) is 7.56. The highest BCUT2D eigenvalue weighted by atomic mass is 32.1.